The number of hydrogen-bond acceptors (Lipinski definition) is 5. The van der Waals surface area contributed by atoms with E-state index in [2.05, 4.69) is 15.3 Å². The Bertz CT molecular complexity index is 808. The summed E-state index contributed by atoms with van der Waals surface area (Å²) in [6, 6.07) is 7.95. The Morgan fingerprint density at radius 3 is 3.08 bits per heavy atom. The van der Waals surface area contributed by atoms with Crippen LogP contribution in [-0.4, -0.2) is 47.0 Å². The molecule has 1 unspecified atom stereocenters. The van der Waals surface area contributed by atoms with Gasteiger partial charge in [0.15, 0.2) is 0 Å². The van der Waals surface area contributed by atoms with Gasteiger partial charge in [0.1, 0.15) is 17.9 Å². The molecule has 1 aromatic heterocycles. The molecule has 0 radical (unpaired) electrons. The average Bonchev–Trinajstić information content (AvgIpc) is 3.32. The lowest BCUT2D eigenvalue weighted by molar-refractivity contribution is -0.129. The maximum Gasteiger partial charge on any atom is 0.227 e. The third kappa shape index (κ3) is 3.36. The number of para-hydroxylation sites is 1. The van der Waals surface area contributed by atoms with E-state index in [1.54, 1.807) is 13.4 Å². The number of carbonyl (C=O) groups excluding carboxylic acids is 1. The first-order valence-electron chi connectivity index (χ1n) is 9.23. The van der Waals surface area contributed by atoms with Crippen molar-refractivity contribution in [3.63, 3.8) is 0 Å². The van der Waals surface area contributed by atoms with Gasteiger partial charge in [0, 0.05) is 36.0 Å². The Hall–Kier alpha value is -2.63. The van der Waals surface area contributed by atoms with Gasteiger partial charge in [-0.05, 0) is 31.7 Å². The van der Waals surface area contributed by atoms with E-state index in [9.17, 15) is 4.79 Å². The van der Waals surface area contributed by atoms with Crippen LogP contribution < -0.4 is 10.1 Å². The summed E-state index contributed by atoms with van der Waals surface area (Å²) in [5.74, 6) is 1.87. The molecule has 1 N–H and O–H groups in total. The smallest absolute Gasteiger partial charge is 0.227 e. The third-order valence-electron chi connectivity index (χ3n) is 5.29. The van der Waals surface area contributed by atoms with Crippen LogP contribution in [0.15, 0.2) is 30.6 Å². The van der Waals surface area contributed by atoms with E-state index >= 15 is 0 Å². The average molecular weight is 352 g/mol. The number of ether oxygens (including phenoxy) is 1. The van der Waals surface area contributed by atoms with Crippen molar-refractivity contribution >= 4 is 11.7 Å². The number of methoxy groups -OCH3 is 1. The van der Waals surface area contributed by atoms with Gasteiger partial charge >= 0.3 is 0 Å². The van der Waals surface area contributed by atoms with Gasteiger partial charge in [-0.1, -0.05) is 18.2 Å². The number of amides is 1. The summed E-state index contributed by atoms with van der Waals surface area (Å²) in [6.45, 7) is 1.49. The molecule has 1 amide bonds. The van der Waals surface area contributed by atoms with Crippen molar-refractivity contribution in [2.45, 2.75) is 38.1 Å². The first-order valence-corrected chi connectivity index (χ1v) is 9.23. The standard InChI is InChI=1S/C20H24N4O2/c1-26-18-8-3-2-5-14(18)11-19(25)24-10-9-15(12-24)23-20-16-6-4-7-17(16)21-13-22-20/h2-3,5,8,13,15H,4,6-7,9-12H2,1H3,(H,21,22,23). The minimum Gasteiger partial charge on any atom is -0.496 e. The molecule has 1 aliphatic carbocycles. The Labute approximate surface area is 153 Å². The van der Waals surface area contributed by atoms with Crippen LogP contribution >= 0.6 is 0 Å². The molecule has 136 valence electrons. The summed E-state index contributed by atoms with van der Waals surface area (Å²) in [4.78, 5) is 23.4. The number of aryl methyl sites for hydroxylation is 1. The maximum atomic E-state index is 12.7. The number of likely N-dealkylation sites (tertiary alicyclic amines) is 1. The quantitative estimate of drug-likeness (QED) is 0.894. The molecule has 2 aromatic rings. The topological polar surface area (TPSA) is 67.3 Å². The highest BCUT2D eigenvalue weighted by molar-refractivity contribution is 5.80. The van der Waals surface area contributed by atoms with Gasteiger partial charge in [0.05, 0.1) is 13.5 Å². The second-order valence-corrected chi connectivity index (χ2v) is 6.96. The van der Waals surface area contributed by atoms with E-state index in [-0.39, 0.29) is 11.9 Å². The molecule has 2 aliphatic rings. The van der Waals surface area contributed by atoms with Crippen molar-refractivity contribution in [3.8, 4) is 5.75 Å². The van der Waals surface area contributed by atoms with Crippen LogP contribution in [0.4, 0.5) is 5.82 Å². The predicted octanol–water partition coefficient (Wildman–Crippen LogP) is 2.23. The van der Waals surface area contributed by atoms with Crippen molar-refractivity contribution < 1.29 is 9.53 Å². The van der Waals surface area contributed by atoms with E-state index in [0.717, 1.165) is 49.4 Å². The summed E-state index contributed by atoms with van der Waals surface area (Å²) < 4.78 is 5.35. The third-order valence-corrected chi connectivity index (χ3v) is 5.29. The summed E-state index contributed by atoms with van der Waals surface area (Å²) in [6.07, 6.45) is 6.20. The summed E-state index contributed by atoms with van der Waals surface area (Å²) in [5, 5.41) is 3.54. The molecule has 0 bridgehead atoms. The zero-order chi connectivity index (χ0) is 17.9. The van der Waals surface area contributed by atoms with Gasteiger partial charge in [0.2, 0.25) is 5.91 Å². The predicted molar refractivity (Wildman–Crippen MR) is 99.4 cm³/mol. The fourth-order valence-electron chi connectivity index (χ4n) is 3.91. The molecule has 6 heteroatoms. The Morgan fingerprint density at radius 1 is 1.31 bits per heavy atom. The number of nitrogens with zero attached hydrogens (tertiary/aromatic N) is 3. The van der Waals surface area contributed by atoms with Crippen LogP contribution in [0.1, 0.15) is 29.7 Å². The molecule has 1 atom stereocenters. The number of anilines is 1. The number of carbonyl (C=O) groups is 1. The van der Waals surface area contributed by atoms with Gasteiger partial charge in [-0.2, -0.15) is 0 Å². The number of benzene rings is 1. The first kappa shape index (κ1) is 16.8. The molecule has 1 aromatic carbocycles. The molecular formula is C20H24N4O2. The second kappa shape index (κ2) is 7.32. The maximum absolute atomic E-state index is 12.7. The number of aromatic nitrogens is 2. The van der Waals surface area contributed by atoms with Crippen molar-refractivity contribution in [2.24, 2.45) is 0 Å². The Balaban J connectivity index is 1.38. The van der Waals surface area contributed by atoms with Crippen LogP contribution in [0.3, 0.4) is 0 Å². The van der Waals surface area contributed by atoms with E-state index in [4.69, 9.17) is 4.74 Å². The fraction of sp³-hybridized carbons (Fsp3) is 0.450. The molecule has 4 rings (SSSR count). The normalized spacial score (nSPS) is 18.7. The van der Waals surface area contributed by atoms with Gasteiger partial charge in [0.25, 0.3) is 0 Å². The SMILES string of the molecule is COc1ccccc1CC(=O)N1CCC(Nc2ncnc3c2CCC3)C1. The highest BCUT2D eigenvalue weighted by Crippen LogP contribution is 2.27. The van der Waals surface area contributed by atoms with Crippen molar-refractivity contribution in [2.75, 3.05) is 25.5 Å². The summed E-state index contributed by atoms with van der Waals surface area (Å²) in [5.41, 5.74) is 3.36. The van der Waals surface area contributed by atoms with E-state index < -0.39 is 0 Å². The number of fused-ring (bicyclic) bond motifs is 1. The Kier molecular flexibility index (Phi) is 4.73. The van der Waals surface area contributed by atoms with Gasteiger partial charge in [-0.15, -0.1) is 0 Å². The largest absolute Gasteiger partial charge is 0.496 e. The van der Waals surface area contributed by atoms with E-state index in [1.807, 2.05) is 29.2 Å². The zero-order valence-corrected chi connectivity index (χ0v) is 15.1. The minimum atomic E-state index is 0.145. The number of nitrogens with one attached hydrogen (secondary N) is 1. The van der Waals surface area contributed by atoms with E-state index in [1.165, 1.54) is 11.3 Å². The highest BCUT2D eigenvalue weighted by Gasteiger charge is 2.28. The molecule has 6 nitrogen and oxygen atoms in total. The summed E-state index contributed by atoms with van der Waals surface area (Å²) >= 11 is 0. The fourth-order valence-corrected chi connectivity index (χ4v) is 3.91. The second-order valence-electron chi connectivity index (χ2n) is 6.96. The number of rotatable bonds is 5. The van der Waals surface area contributed by atoms with E-state index in [0.29, 0.717) is 13.0 Å². The highest BCUT2D eigenvalue weighted by atomic mass is 16.5. The van der Waals surface area contributed by atoms with Crippen LogP contribution in [0.5, 0.6) is 5.75 Å². The lowest BCUT2D eigenvalue weighted by Gasteiger charge is -2.19. The molecule has 1 aliphatic heterocycles. The van der Waals surface area contributed by atoms with Gasteiger partial charge < -0.3 is 15.0 Å². The zero-order valence-electron chi connectivity index (χ0n) is 15.1. The van der Waals surface area contributed by atoms with Crippen molar-refractivity contribution in [1.82, 2.24) is 14.9 Å². The lowest BCUT2D eigenvalue weighted by atomic mass is 10.1. The lowest BCUT2D eigenvalue weighted by Crippen LogP contribution is -2.33. The number of hydrogen-bond donors (Lipinski definition) is 1. The molecule has 26 heavy (non-hydrogen) atoms. The summed E-state index contributed by atoms with van der Waals surface area (Å²) in [7, 11) is 1.64. The van der Waals surface area contributed by atoms with Crippen molar-refractivity contribution in [1.29, 1.82) is 0 Å². The Morgan fingerprint density at radius 2 is 2.19 bits per heavy atom. The molecule has 0 saturated carbocycles. The monoisotopic (exact) mass is 352 g/mol. The van der Waals surface area contributed by atoms with Crippen LogP contribution in [0.25, 0.3) is 0 Å². The molecule has 2 heterocycles. The molecule has 0 spiro atoms. The molecular weight excluding hydrogens is 328 g/mol. The molecule has 1 fully saturated rings. The van der Waals surface area contributed by atoms with Crippen LogP contribution in [0.2, 0.25) is 0 Å². The van der Waals surface area contributed by atoms with Crippen LogP contribution in [0, 0.1) is 0 Å². The van der Waals surface area contributed by atoms with Crippen molar-refractivity contribution in [3.05, 3.63) is 47.4 Å². The van der Waals surface area contributed by atoms with Gasteiger partial charge in [-0.3, -0.25) is 4.79 Å². The molecule has 1 saturated heterocycles. The van der Waals surface area contributed by atoms with Crippen LogP contribution in [-0.2, 0) is 24.1 Å². The minimum absolute atomic E-state index is 0.145. The first-order chi connectivity index (χ1) is 12.7. The van der Waals surface area contributed by atoms with Gasteiger partial charge in [-0.25, -0.2) is 9.97 Å².